The molecule has 0 radical (unpaired) electrons. The number of anilines is 1. The number of aromatic nitrogens is 2. The maximum Gasteiger partial charge on any atom is 0.335 e. The van der Waals surface area contributed by atoms with Gasteiger partial charge in [0.25, 0.3) is 0 Å². The molecular formula is C13H15N3O2. The minimum Gasteiger partial charge on any atom is -0.478 e. The molecule has 5 heteroatoms. The highest BCUT2D eigenvalue weighted by Gasteiger charge is 2.02. The summed E-state index contributed by atoms with van der Waals surface area (Å²) in [6.07, 6.45) is 4.65. The van der Waals surface area contributed by atoms with Crippen molar-refractivity contribution in [3.05, 3.63) is 47.8 Å². The van der Waals surface area contributed by atoms with Crippen molar-refractivity contribution in [1.82, 2.24) is 9.78 Å². The average Bonchev–Trinajstić information content (AvgIpc) is 2.75. The number of hydrogen-bond donors (Lipinski definition) is 2. The molecule has 0 spiro atoms. The largest absolute Gasteiger partial charge is 0.478 e. The molecule has 1 aromatic heterocycles. The Kier molecular flexibility index (Phi) is 3.62. The quantitative estimate of drug-likeness (QED) is 0.842. The topological polar surface area (TPSA) is 67.2 Å². The van der Waals surface area contributed by atoms with Crippen LogP contribution >= 0.6 is 0 Å². The molecule has 0 aliphatic carbocycles. The Morgan fingerprint density at radius 1 is 1.50 bits per heavy atom. The second kappa shape index (κ2) is 5.35. The summed E-state index contributed by atoms with van der Waals surface area (Å²) in [6, 6.07) is 6.80. The summed E-state index contributed by atoms with van der Waals surface area (Å²) in [5.74, 6) is -0.911. The van der Waals surface area contributed by atoms with Gasteiger partial charge in [0.05, 0.1) is 11.8 Å². The number of benzene rings is 1. The van der Waals surface area contributed by atoms with Crippen molar-refractivity contribution in [2.24, 2.45) is 7.05 Å². The van der Waals surface area contributed by atoms with E-state index in [2.05, 4.69) is 10.4 Å². The fourth-order valence-electron chi connectivity index (χ4n) is 1.71. The van der Waals surface area contributed by atoms with Gasteiger partial charge in [0.2, 0.25) is 0 Å². The van der Waals surface area contributed by atoms with Gasteiger partial charge < -0.3 is 10.4 Å². The van der Waals surface area contributed by atoms with Crippen LogP contribution in [0.1, 0.15) is 15.9 Å². The number of carboxylic acid groups (broad SMARTS) is 1. The molecule has 2 aromatic rings. The Hall–Kier alpha value is -2.30. The lowest BCUT2D eigenvalue weighted by Gasteiger charge is -2.06. The molecule has 0 aliphatic heterocycles. The fraction of sp³-hybridized carbons (Fsp3) is 0.231. The predicted octanol–water partition coefficient (Wildman–Crippen LogP) is 1.77. The van der Waals surface area contributed by atoms with Crippen LogP contribution in [0.3, 0.4) is 0 Å². The molecule has 2 rings (SSSR count). The van der Waals surface area contributed by atoms with Gasteiger partial charge in [-0.2, -0.15) is 5.10 Å². The number of carbonyl (C=O) groups is 1. The van der Waals surface area contributed by atoms with Crippen molar-refractivity contribution in [2.45, 2.75) is 6.42 Å². The van der Waals surface area contributed by atoms with Crippen LogP contribution < -0.4 is 5.32 Å². The smallest absolute Gasteiger partial charge is 0.335 e. The van der Waals surface area contributed by atoms with E-state index in [1.807, 2.05) is 25.5 Å². The Morgan fingerprint density at radius 3 is 3.00 bits per heavy atom. The zero-order chi connectivity index (χ0) is 13.0. The third-order valence-corrected chi connectivity index (χ3v) is 2.61. The SMILES string of the molecule is Cn1cc(CCNc2cccc(C(=O)O)c2)cn1. The number of rotatable bonds is 5. The molecule has 0 saturated heterocycles. The summed E-state index contributed by atoms with van der Waals surface area (Å²) in [6.45, 7) is 0.745. The van der Waals surface area contributed by atoms with Crippen LogP contribution in [0.25, 0.3) is 0 Å². The Morgan fingerprint density at radius 2 is 2.33 bits per heavy atom. The molecule has 18 heavy (non-hydrogen) atoms. The van der Waals surface area contributed by atoms with Crippen molar-refractivity contribution in [3.63, 3.8) is 0 Å². The van der Waals surface area contributed by atoms with E-state index in [-0.39, 0.29) is 0 Å². The zero-order valence-corrected chi connectivity index (χ0v) is 10.1. The molecule has 0 aliphatic rings. The lowest BCUT2D eigenvalue weighted by Crippen LogP contribution is -2.05. The molecule has 94 valence electrons. The molecule has 5 nitrogen and oxygen atoms in total. The van der Waals surface area contributed by atoms with Crippen LogP contribution in [-0.2, 0) is 13.5 Å². The highest BCUT2D eigenvalue weighted by Crippen LogP contribution is 2.10. The second-order valence-corrected chi connectivity index (χ2v) is 4.08. The number of carboxylic acids is 1. The molecule has 0 saturated carbocycles. The van der Waals surface area contributed by atoms with E-state index >= 15 is 0 Å². The highest BCUT2D eigenvalue weighted by molar-refractivity contribution is 5.88. The highest BCUT2D eigenvalue weighted by atomic mass is 16.4. The lowest BCUT2D eigenvalue weighted by atomic mass is 10.2. The van der Waals surface area contributed by atoms with Gasteiger partial charge in [-0.15, -0.1) is 0 Å². The van der Waals surface area contributed by atoms with Crippen LogP contribution in [0.2, 0.25) is 0 Å². The van der Waals surface area contributed by atoms with Crippen molar-refractivity contribution < 1.29 is 9.90 Å². The van der Waals surface area contributed by atoms with Crippen molar-refractivity contribution in [2.75, 3.05) is 11.9 Å². The van der Waals surface area contributed by atoms with Gasteiger partial charge in [-0.25, -0.2) is 4.79 Å². The summed E-state index contributed by atoms with van der Waals surface area (Å²) in [5, 5.41) is 16.2. The second-order valence-electron chi connectivity index (χ2n) is 4.08. The third kappa shape index (κ3) is 3.10. The summed E-state index contributed by atoms with van der Waals surface area (Å²) in [5.41, 5.74) is 2.26. The van der Waals surface area contributed by atoms with Gasteiger partial charge in [0, 0.05) is 25.5 Å². The van der Waals surface area contributed by atoms with Gasteiger partial charge in [0.1, 0.15) is 0 Å². The summed E-state index contributed by atoms with van der Waals surface area (Å²) >= 11 is 0. The Balaban J connectivity index is 1.90. The lowest BCUT2D eigenvalue weighted by molar-refractivity contribution is 0.0697. The van der Waals surface area contributed by atoms with Gasteiger partial charge >= 0.3 is 5.97 Å². The van der Waals surface area contributed by atoms with E-state index in [4.69, 9.17) is 5.11 Å². The first-order valence-electron chi connectivity index (χ1n) is 5.70. The van der Waals surface area contributed by atoms with Crippen LogP contribution in [0.15, 0.2) is 36.7 Å². The monoisotopic (exact) mass is 245 g/mol. The summed E-state index contributed by atoms with van der Waals surface area (Å²) < 4.78 is 1.76. The van der Waals surface area contributed by atoms with E-state index in [0.29, 0.717) is 5.56 Å². The van der Waals surface area contributed by atoms with Crippen molar-refractivity contribution in [3.8, 4) is 0 Å². The first kappa shape index (κ1) is 12.2. The van der Waals surface area contributed by atoms with Crippen LogP contribution in [0, 0.1) is 0 Å². The fourth-order valence-corrected chi connectivity index (χ4v) is 1.71. The number of nitrogens with zero attached hydrogens (tertiary/aromatic N) is 2. The minimum absolute atomic E-state index is 0.293. The maximum atomic E-state index is 10.8. The zero-order valence-electron chi connectivity index (χ0n) is 10.1. The molecule has 0 amide bonds. The standard InChI is InChI=1S/C13H15N3O2/c1-16-9-10(8-15-16)5-6-14-12-4-2-3-11(7-12)13(17)18/h2-4,7-9,14H,5-6H2,1H3,(H,17,18). The number of aryl methyl sites for hydroxylation is 1. The molecule has 1 aromatic carbocycles. The Bertz CT molecular complexity index is 549. The Labute approximate surface area is 105 Å². The molecule has 0 atom stereocenters. The van der Waals surface area contributed by atoms with Crippen molar-refractivity contribution >= 4 is 11.7 Å². The van der Waals surface area contributed by atoms with Crippen LogP contribution in [0.4, 0.5) is 5.69 Å². The van der Waals surface area contributed by atoms with Crippen LogP contribution in [-0.4, -0.2) is 27.4 Å². The average molecular weight is 245 g/mol. The molecular weight excluding hydrogens is 230 g/mol. The van der Waals surface area contributed by atoms with Gasteiger partial charge in [-0.3, -0.25) is 4.68 Å². The maximum absolute atomic E-state index is 10.8. The van der Waals surface area contributed by atoms with E-state index in [1.165, 1.54) is 0 Å². The van der Waals surface area contributed by atoms with E-state index < -0.39 is 5.97 Å². The van der Waals surface area contributed by atoms with Crippen molar-refractivity contribution in [1.29, 1.82) is 0 Å². The molecule has 0 bridgehead atoms. The minimum atomic E-state index is -0.911. The van der Waals surface area contributed by atoms with Gasteiger partial charge in [-0.1, -0.05) is 6.07 Å². The molecule has 0 unspecified atom stereocenters. The van der Waals surface area contributed by atoms with E-state index in [0.717, 1.165) is 24.2 Å². The first-order chi connectivity index (χ1) is 8.65. The molecule has 2 N–H and O–H groups in total. The van der Waals surface area contributed by atoms with Gasteiger partial charge in [-0.05, 0) is 30.2 Å². The molecule has 0 fully saturated rings. The van der Waals surface area contributed by atoms with E-state index in [1.54, 1.807) is 22.9 Å². The summed E-state index contributed by atoms with van der Waals surface area (Å²) in [4.78, 5) is 10.8. The normalized spacial score (nSPS) is 10.3. The molecule has 1 heterocycles. The number of nitrogens with one attached hydrogen (secondary N) is 1. The number of aromatic carboxylic acids is 1. The van der Waals surface area contributed by atoms with E-state index in [9.17, 15) is 4.79 Å². The van der Waals surface area contributed by atoms with Crippen LogP contribution in [0.5, 0.6) is 0 Å². The first-order valence-corrected chi connectivity index (χ1v) is 5.70. The van der Waals surface area contributed by atoms with Gasteiger partial charge in [0.15, 0.2) is 0 Å². The predicted molar refractivity (Wildman–Crippen MR) is 68.8 cm³/mol. The number of hydrogen-bond acceptors (Lipinski definition) is 3. The third-order valence-electron chi connectivity index (χ3n) is 2.61. The summed E-state index contributed by atoms with van der Waals surface area (Å²) in [7, 11) is 1.88.